The molecule has 0 amide bonds. The van der Waals surface area contributed by atoms with Gasteiger partial charge < -0.3 is 0 Å². The molecule has 0 radical (unpaired) electrons. The molecule has 0 fully saturated rings. The van der Waals surface area contributed by atoms with E-state index in [1.807, 2.05) is 0 Å². The van der Waals surface area contributed by atoms with Crippen molar-refractivity contribution in [2.75, 3.05) is 6.61 Å². The van der Waals surface area contributed by atoms with Gasteiger partial charge in [-0.05, 0) is 0 Å². The summed E-state index contributed by atoms with van der Waals surface area (Å²) in [6.45, 7) is 2.99. The molecule has 1 nitrogen and oxygen atoms in total. The van der Waals surface area contributed by atoms with Crippen LogP contribution in [0.4, 0.5) is 0 Å². The second-order valence-corrected chi connectivity index (χ2v) is 11.0. The van der Waals surface area contributed by atoms with Crippen molar-refractivity contribution < 1.29 is 2.69 Å². The molecule has 0 aliphatic rings. The van der Waals surface area contributed by atoms with Gasteiger partial charge >= 0.3 is 48.3 Å². The van der Waals surface area contributed by atoms with Crippen molar-refractivity contribution in [3.05, 3.63) is 0 Å². The van der Waals surface area contributed by atoms with Crippen molar-refractivity contribution in [1.29, 1.82) is 0 Å². The quantitative estimate of drug-likeness (QED) is 0.692. The molecule has 0 unspecified atom stereocenters. The summed E-state index contributed by atoms with van der Waals surface area (Å²) in [5, 5.41) is 0. The van der Waals surface area contributed by atoms with Crippen LogP contribution in [0.15, 0.2) is 0 Å². The Bertz CT molecular complexity index is 28.7. The fourth-order valence-corrected chi connectivity index (χ4v) is 2.92. The van der Waals surface area contributed by atoms with Crippen LogP contribution in [-0.2, 0) is 2.69 Å². The topological polar surface area (TPSA) is 9.23 Å². The Balaban J connectivity index is 2.63. The van der Waals surface area contributed by atoms with Crippen molar-refractivity contribution >= 4 is 23.2 Å². The van der Waals surface area contributed by atoms with Gasteiger partial charge in [0.15, 0.2) is 0 Å². The minimum absolute atomic E-state index is 0.930. The Kier molecular flexibility index (Phi) is 4.65. The van der Waals surface area contributed by atoms with Gasteiger partial charge in [-0.3, -0.25) is 0 Å². The molecule has 0 aromatic heterocycles. The van der Waals surface area contributed by atoms with Crippen molar-refractivity contribution in [2.24, 2.45) is 0 Å². The van der Waals surface area contributed by atoms with E-state index in [1.54, 1.807) is 0 Å². The van der Waals surface area contributed by atoms with Crippen LogP contribution in [0.5, 0.6) is 0 Å². The van der Waals surface area contributed by atoms with Crippen molar-refractivity contribution in [3.63, 3.8) is 0 Å². The van der Waals surface area contributed by atoms with E-state index in [0.29, 0.717) is 0 Å². The Morgan fingerprint density at radius 2 is 2.00 bits per heavy atom. The van der Waals surface area contributed by atoms with Crippen molar-refractivity contribution in [2.45, 2.75) is 15.9 Å². The molecule has 6 heavy (non-hydrogen) atoms. The van der Waals surface area contributed by atoms with Gasteiger partial charge in [-0.15, -0.1) is 0 Å². The summed E-state index contributed by atoms with van der Waals surface area (Å²) in [4.78, 5) is 0. The van der Waals surface area contributed by atoms with Gasteiger partial charge in [0.1, 0.15) is 0 Å². The third-order valence-corrected chi connectivity index (χ3v) is 4.39. The Morgan fingerprint density at radius 3 is 2.00 bits per heavy atom. The third-order valence-electron chi connectivity index (χ3n) is 0.500. The molecule has 2 heteroatoms. The predicted octanol–water partition coefficient (Wildman–Crippen LogP) is 1.27. The first kappa shape index (κ1) is 6.88. The van der Waals surface area contributed by atoms with Gasteiger partial charge in [-0.1, -0.05) is 0 Å². The van der Waals surface area contributed by atoms with Crippen LogP contribution in [-0.4, -0.2) is 29.8 Å². The van der Waals surface area contributed by atoms with E-state index in [-0.39, 0.29) is 0 Å². The molecular weight excluding hydrogens is 268 g/mol. The van der Waals surface area contributed by atoms with Gasteiger partial charge in [-0.2, -0.15) is 0 Å². The molecule has 0 aliphatic carbocycles. The second kappa shape index (κ2) is 4.05. The first-order valence-corrected chi connectivity index (χ1v) is 13.2. The summed E-state index contributed by atoms with van der Waals surface area (Å²) >= 11 is -1.31. The molecule has 0 rings (SSSR count). The van der Waals surface area contributed by atoms with E-state index in [0.717, 1.165) is 6.61 Å². The molecule has 0 heterocycles. The van der Waals surface area contributed by atoms with Gasteiger partial charge in [0.25, 0.3) is 0 Å². The number of rotatable bonds is 2. The van der Waals surface area contributed by atoms with Gasteiger partial charge in [0, 0.05) is 0 Å². The van der Waals surface area contributed by atoms with Crippen LogP contribution >= 0.6 is 0 Å². The summed E-state index contributed by atoms with van der Waals surface area (Å²) in [6.07, 6.45) is 0. The normalized spacial score (nSPS) is 8.50. The average molecular weight is 280 g/mol. The first-order valence-electron chi connectivity index (χ1n) is 2.39. The first-order chi connectivity index (χ1) is 2.77. The van der Waals surface area contributed by atoms with Crippen LogP contribution in [0.2, 0.25) is 8.97 Å². The average Bonchev–Trinajstić information content (AvgIpc) is 1.35. The zero-order valence-corrected chi connectivity index (χ0v) is 9.18. The van der Waals surface area contributed by atoms with Gasteiger partial charge in [0.2, 0.25) is 0 Å². The molecule has 36 valence electrons. The SMILES string of the molecule is CC[O][Tl]([CH3])[CH3]. The molecule has 0 aliphatic heterocycles. The molecule has 0 spiro atoms. The van der Waals surface area contributed by atoms with Crippen LogP contribution in [0, 0.1) is 0 Å². The fraction of sp³-hybridized carbons (Fsp3) is 1.00. The summed E-state index contributed by atoms with van der Waals surface area (Å²) in [5.74, 6) is 0. The van der Waals surface area contributed by atoms with Crippen LogP contribution in [0.3, 0.4) is 0 Å². The fourth-order valence-electron chi connectivity index (χ4n) is 0.333. The Hall–Kier alpha value is 0.882. The summed E-state index contributed by atoms with van der Waals surface area (Å²) in [7, 11) is 0. The molecule has 0 N–H and O–H groups in total. The molecule has 0 atom stereocenters. The van der Waals surface area contributed by atoms with Crippen LogP contribution in [0.1, 0.15) is 6.92 Å². The molecule has 0 saturated heterocycles. The van der Waals surface area contributed by atoms with Crippen molar-refractivity contribution in [1.82, 2.24) is 0 Å². The molecule has 0 saturated carbocycles. The third kappa shape index (κ3) is 4.88. The Morgan fingerprint density at radius 1 is 1.50 bits per heavy atom. The zero-order valence-electron chi connectivity index (χ0n) is 4.69. The summed E-state index contributed by atoms with van der Waals surface area (Å²) in [6, 6.07) is 0. The van der Waals surface area contributed by atoms with E-state index < -0.39 is 23.2 Å². The van der Waals surface area contributed by atoms with E-state index >= 15 is 0 Å². The number of hydrogen-bond donors (Lipinski definition) is 0. The van der Waals surface area contributed by atoms with Crippen molar-refractivity contribution in [3.8, 4) is 0 Å². The van der Waals surface area contributed by atoms with Gasteiger partial charge in [-0.25, -0.2) is 0 Å². The zero-order chi connectivity index (χ0) is 4.99. The van der Waals surface area contributed by atoms with E-state index in [1.165, 1.54) is 0 Å². The number of hydrogen-bond acceptors (Lipinski definition) is 1. The van der Waals surface area contributed by atoms with E-state index in [2.05, 4.69) is 15.9 Å². The molecule has 0 bridgehead atoms. The summed E-state index contributed by atoms with van der Waals surface area (Å²) < 4.78 is 9.77. The monoisotopic (exact) mass is 280 g/mol. The maximum absolute atomic E-state index is 5.26. The minimum atomic E-state index is -1.31. The molecular formula is C4H11OTl. The Labute approximate surface area is 48.5 Å². The predicted molar refractivity (Wildman–Crippen MR) is 29.1 cm³/mol. The second-order valence-electron chi connectivity index (χ2n) is 1.50. The van der Waals surface area contributed by atoms with E-state index in [4.69, 9.17) is 2.69 Å². The maximum atomic E-state index is 5.26. The van der Waals surface area contributed by atoms with Crippen LogP contribution in [0.25, 0.3) is 0 Å². The molecule has 0 aromatic rings. The standard InChI is InChI=1S/C2H5O.2CH3.Tl/c1-2-3;;;/h2H2,1H3;2*1H3;/q-1;;;+1. The molecule has 0 aromatic carbocycles. The summed E-state index contributed by atoms with van der Waals surface area (Å²) in [5.41, 5.74) is 0. The van der Waals surface area contributed by atoms with Gasteiger partial charge in [0.05, 0.1) is 0 Å². The van der Waals surface area contributed by atoms with E-state index in [9.17, 15) is 0 Å². The van der Waals surface area contributed by atoms with Crippen LogP contribution < -0.4 is 0 Å².